The van der Waals surface area contributed by atoms with Crippen LogP contribution in [0.3, 0.4) is 0 Å². The quantitative estimate of drug-likeness (QED) is 0.667. The fourth-order valence-corrected chi connectivity index (χ4v) is 2.25. The number of benzene rings is 1. The van der Waals surface area contributed by atoms with Crippen molar-refractivity contribution in [3.8, 4) is 5.75 Å². The summed E-state index contributed by atoms with van der Waals surface area (Å²) in [7, 11) is 0. The summed E-state index contributed by atoms with van der Waals surface area (Å²) >= 11 is 0. The molecule has 0 radical (unpaired) electrons. The van der Waals surface area contributed by atoms with Gasteiger partial charge in [-0.1, -0.05) is 6.42 Å². The van der Waals surface area contributed by atoms with Crippen molar-refractivity contribution in [2.24, 2.45) is 0 Å². The second kappa shape index (κ2) is 6.60. The van der Waals surface area contributed by atoms with Gasteiger partial charge in [0.25, 0.3) is 0 Å². The van der Waals surface area contributed by atoms with Gasteiger partial charge in [-0.2, -0.15) is 4.39 Å². The molecule has 1 N–H and O–H groups in total. The molecule has 1 heterocycles. The minimum Gasteiger partial charge on any atom is -0.490 e. The van der Waals surface area contributed by atoms with E-state index in [0.717, 1.165) is 31.9 Å². The second-order valence-corrected chi connectivity index (χ2v) is 4.78. The van der Waals surface area contributed by atoms with Crippen LogP contribution in [-0.4, -0.2) is 24.1 Å². The smallest absolute Gasteiger partial charge is 0.307 e. The molecule has 1 saturated heterocycles. The first-order valence-corrected chi connectivity index (χ1v) is 6.57. The van der Waals surface area contributed by atoms with Crippen LogP contribution < -0.4 is 10.1 Å². The van der Waals surface area contributed by atoms with E-state index in [4.69, 9.17) is 4.74 Å². The lowest BCUT2D eigenvalue weighted by Crippen LogP contribution is -2.35. The Balaban J connectivity index is 1.92. The predicted octanol–water partition coefficient (Wildman–Crippen LogP) is 2.78. The van der Waals surface area contributed by atoms with Crippen LogP contribution in [-0.2, 0) is 0 Å². The van der Waals surface area contributed by atoms with E-state index in [1.807, 2.05) is 0 Å². The highest BCUT2D eigenvalue weighted by atomic mass is 19.1. The average Bonchev–Trinajstić information content (AvgIpc) is 2.43. The fraction of sp³-hybridized carbons (Fsp3) is 0.538. The highest BCUT2D eigenvalue weighted by molar-refractivity contribution is 5.39. The van der Waals surface area contributed by atoms with Crippen LogP contribution in [0.25, 0.3) is 0 Å². The van der Waals surface area contributed by atoms with Gasteiger partial charge in [0.05, 0.1) is 17.6 Å². The summed E-state index contributed by atoms with van der Waals surface area (Å²) in [6.45, 7) is 1.21. The molecule has 0 bridgehead atoms. The van der Waals surface area contributed by atoms with Gasteiger partial charge in [0.2, 0.25) is 5.82 Å². The number of nitro groups is 1. The molecular weight excluding hydrogens is 270 g/mol. The van der Waals surface area contributed by atoms with Gasteiger partial charge in [-0.05, 0) is 25.8 Å². The van der Waals surface area contributed by atoms with E-state index < -0.39 is 22.2 Å². The number of hydrogen-bond acceptors (Lipinski definition) is 4. The maximum Gasteiger partial charge on any atom is 0.307 e. The summed E-state index contributed by atoms with van der Waals surface area (Å²) in [5.41, 5.74) is -0.885. The zero-order valence-corrected chi connectivity index (χ0v) is 10.9. The molecule has 1 fully saturated rings. The van der Waals surface area contributed by atoms with Gasteiger partial charge in [0.1, 0.15) is 0 Å². The van der Waals surface area contributed by atoms with E-state index in [-0.39, 0.29) is 12.4 Å². The zero-order valence-electron chi connectivity index (χ0n) is 10.9. The van der Waals surface area contributed by atoms with Gasteiger partial charge >= 0.3 is 5.69 Å². The molecule has 0 aromatic heterocycles. The molecule has 1 atom stereocenters. The van der Waals surface area contributed by atoms with E-state index in [9.17, 15) is 18.9 Å². The average molecular weight is 286 g/mol. The van der Waals surface area contributed by atoms with Crippen LogP contribution in [0.5, 0.6) is 5.75 Å². The molecular formula is C13H16F2N2O3. The monoisotopic (exact) mass is 286 g/mol. The van der Waals surface area contributed by atoms with Crippen LogP contribution in [0.4, 0.5) is 14.5 Å². The van der Waals surface area contributed by atoms with E-state index in [1.165, 1.54) is 0 Å². The number of hydrogen-bond donors (Lipinski definition) is 1. The molecule has 110 valence electrons. The lowest BCUT2D eigenvalue weighted by Gasteiger charge is -2.23. The predicted molar refractivity (Wildman–Crippen MR) is 68.8 cm³/mol. The number of ether oxygens (including phenoxy) is 1. The molecule has 20 heavy (non-hydrogen) atoms. The van der Waals surface area contributed by atoms with Crippen molar-refractivity contribution in [1.82, 2.24) is 5.32 Å². The Kier molecular flexibility index (Phi) is 4.84. The summed E-state index contributed by atoms with van der Waals surface area (Å²) in [5.74, 6) is -2.30. The largest absolute Gasteiger partial charge is 0.490 e. The highest BCUT2D eigenvalue weighted by Crippen LogP contribution is 2.26. The number of piperidine rings is 1. The molecule has 0 spiro atoms. The third-order valence-corrected chi connectivity index (χ3v) is 3.33. The SMILES string of the molecule is O=[N+]([O-])c1cc(F)c(OCCC2CCCCN2)cc1F. The van der Waals surface area contributed by atoms with E-state index in [1.54, 1.807) is 0 Å². The fourth-order valence-electron chi connectivity index (χ4n) is 2.25. The normalized spacial score (nSPS) is 18.8. The van der Waals surface area contributed by atoms with Gasteiger partial charge in [0, 0.05) is 12.1 Å². The van der Waals surface area contributed by atoms with Crippen LogP contribution in [0.2, 0.25) is 0 Å². The molecule has 0 saturated carbocycles. The summed E-state index contributed by atoms with van der Waals surface area (Å²) < 4.78 is 32.1. The molecule has 1 aromatic carbocycles. The second-order valence-electron chi connectivity index (χ2n) is 4.78. The number of rotatable bonds is 5. The van der Waals surface area contributed by atoms with Gasteiger partial charge in [-0.3, -0.25) is 10.1 Å². The minimum atomic E-state index is -1.10. The number of halogens is 2. The lowest BCUT2D eigenvalue weighted by molar-refractivity contribution is -0.387. The maximum atomic E-state index is 13.5. The van der Waals surface area contributed by atoms with Crippen LogP contribution >= 0.6 is 0 Å². The van der Waals surface area contributed by atoms with Crippen molar-refractivity contribution in [2.75, 3.05) is 13.2 Å². The molecule has 1 aromatic rings. The Morgan fingerprint density at radius 2 is 2.15 bits per heavy atom. The minimum absolute atomic E-state index is 0.242. The molecule has 1 unspecified atom stereocenters. The number of nitro benzene ring substituents is 1. The molecule has 7 heteroatoms. The standard InChI is InChI=1S/C13H16F2N2O3/c14-10-8-13(11(15)7-12(10)17(18)19)20-6-4-9-3-1-2-5-16-9/h7-9,16H,1-6H2. The first kappa shape index (κ1) is 14.6. The first-order chi connectivity index (χ1) is 9.58. The Hall–Kier alpha value is -1.76. The van der Waals surface area contributed by atoms with Crippen LogP contribution in [0.1, 0.15) is 25.7 Å². The Morgan fingerprint density at radius 1 is 1.35 bits per heavy atom. The van der Waals surface area contributed by atoms with Gasteiger partial charge in [0.15, 0.2) is 11.6 Å². The maximum absolute atomic E-state index is 13.5. The van der Waals surface area contributed by atoms with Crippen molar-refractivity contribution >= 4 is 5.69 Å². The molecule has 0 amide bonds. The van der Waals surface area contributed by atoms with Crippen LogP contribution in [0, 0.1) is 21.7 Å². The Bertz CT molecular complexity index is 491. The van der Waals surface area contributed by atoms with Gasteiger partial charge < -0.3 is 10.1 Å². The van der Waals surface area contributed by atoms with Crippen molar-refractivity contribution in [1.29, 1.82) is 0 Å². The lowest BCUT2D eigenvalue weighted by atomic mass is 10.0. The third-order valence-electron chi connectivity index (χ3n) is 3.33. The highest BCUT2D eigenvalue weighted by Gasteiger charge is 2.19. The molecule has 1 aliphatic rings. The Morgan fingerprint density at radius 3 is 2.80 bits per heavy atom. The van der Waals surface area contributed by atoms with Crippen LogP contribution in [0.15, 0.2) is 12.1 Å². The molecule has 5 nitrogen and oxygen atoms in total. The van der Waals surface area contributed by atoms with Crippen molar-refractivity contribution in [3.63, 3.8) is 0 Å². The molecule has 1 aliphatic heterocycles. The molecule has 0 aliphatic carbocycles. The van der Waals surface area contributed by atoms with Crippen molar-refractivity contribution in [3.05, 3.63) is 33.9 Å². The molecule has 2 rings (SSSR count). The summed E-state index contributed by atoms with van der Waals surface area (Å²) in [6, 6.07) is 1.60. The van der Waals surface area contributed by atoms with E-state index in [0.29, 0.717) is 18.5 Å². The summed E-state index contributed by atoms with van der Waals surface area (Å²) in [4.78, 5) is 9.49. The summed E-state index contributed by atoms with van der Waals surface area (Å²) in [6.07, 6.45) is 4.04. The number of nitrogens with one attached hydrogen (secondary N) is 1. The van der Waals surface area contributed by atoms with Gasteiger partial charge in [-0.15, -0.1) is 0 Å². The van der Waals surface area contributed by atoms with E-state index >= 15 is 0 Å². The third kappa shape index (κ3) is 3.63. The van der Waals surface area contributed by atoms with Crippen molar-refractivity contribution < 1.29 is 18.4 Å². The zero-order chi connectivity index (χ0) is 14.5. The van der Waals surface area contributed by atoms with Gasteiger partial charge in [-0.25, -0.2) is 4.39 Å². The van der Waals surface area contributed by atoms with E-state index in [2.05, 4.69) is 5.32 Å². The van der Waals surface area contributed by atoms with Crippen molar-refractivity contribution in [2.45, 2.75) is 31.7 Å². The summed E-state index contributed by atoms with van der Waals surface area (Å²) in [5, 5.41) is 13.8. The first-order valence-electron chi connectivity index (χ1n) is 6.57. The topological polar surface area (TPSA) is 64.4 Å². The Labute approximate surface area is 115 Å². The number of nitrogens with zero attached hydrogens (tertiary/aromatic N) is 1.